The second-order valence-electron chi connectivity index (χ2n) is 5.48. The molecule has 1 N–H and O–H groups in total. The number of hydrogen-bond donors (Lipinski definition) is 1. The fourth-order valence-electron chi connectivity index (χ4n) is 3.48. The Morgan fingerprint density at radius 2 is 2.06 bits per heavy atom. The van der Waals surface area contributed by atoms with Crippen LogP contribution in [0.15, 0.2) is 0 Å². The van der Waals surface area contributed by atoms with Gasteiger partial charge in [0.1, 0.15) is 0 Å². The zero-order valence-electron chi connectivity index (χ0n) is 11.5. The van der Waals surface area contributed by atoms with Crippen LogP contribution in [0.2, 0.25) is 0 Å². The molecule has 1 aliphatic heterocycles. The minimum absolute atomic E-state index is 0.641. The smallest absolute Gasteiger partial charge is 0.0622 e. The Hall–Kier alpha value is -0.120. The molecule has 0 spiro atoms. The summed E-state index contributed by atoms with van der Waals surface area (Å²) in [7, 11) is 2.13. The second-order valence-corrected chi connectivity index (χ2v) is 5.48. The molecule has 1 saturated carbocycles. The van der Waals surface area contributed by atoms with Crippen LogP contribution < -0.4 is 5.32 Å². The molecule has 1 heterocycles. The molecule has 0 bridgehead atoms. The third-order valence-corrected chi connectivity index (χ3v) is 4.52. The Kier molecular flexibility index (Phi) is 5.26. The molecule has 1 saturated heterocycles. The van der Waals surface area contributed by atoms with Gasteiger partial charge < -0.3 is 10.1 Å². The average molecular weight is 240 g/mol. The lowest BCUT2D eigenvalue weighted by molar-refractivity contribution is -0.0385. The van der Waals surface area contributed by atoms with Crippen LogP contribution in [0.4, 0.5) is 0 Å². The number of nitrogens with one attached hydrogen (secondary N) is 1. The van der Waals surface area contributed by atoms with Crippen molar-refractivity contribution in [3.8, 4) is 0 Å². The first kappa shape index (κ1) is 13.3. The van der Waals surface area contributed by atoms with Gasteiger partial charge in [-0.15, -0.1) is 0 Å². The van der Waals surface area contributed by atoms with Crippen molar-refractivity contribution in [3.05, 3.63) is 0 Å². The lowest BCUT2D eigenvalue weighted by atomic mass is 9.98. The molecule has 0 aromatic heterocycles. The van der Waals surface area contributed by atoms with E-state index in [4.69, 9.17) is 4.74 Å². The van der Waals surface area contributed by atoms with Crippen molar-refractivity contribution in [2.45, 2.75) is 63.6 Å². The molecule has 3 unspecified atom stereocenters. The fraction of sp³-hybridized carbons (Fsp3) is 1.00. The van der Waals surface area contributed by atoms with Crippen LogP contribution in [0.1, 0.15) is 45.4 Å². The number of rotatable bonds is 3. The number of likely N-dealkylation sites (N-methyl/N-ethyl adjacent to an activating group) is 1. The lowest BCUT2D eigenvalue weighted by Gasteiger charge is -2.43. The molecule has 2 fully saturated rings. The highest BCUT2D eigenvalue weighted by atomic mass is 16.5. The van der Waals surface area contributed by atoms with Crippen LogP contribution in [-0.4, -0.2) is 49.8 Å². The molecule has 3 atom stereocenters. The summed E-state index contributed by atoms with van der Waals surface area (Å²) in [5.74, 6) is 0. The topological polar surface area (TPSA) is 24.5 Å². The SMILES string of the molecule is CCC1COCCN1C1CCCCCC1NC. The van der Waals surface area contributed by atoms with Gasteiger partial charge >= 0.3 is 0 Å². The molecular formula is C14H28N2O. The average Bonchev–Trinajstić information content (AvgIpc) is 2.63. The summed E-state index contributed by atoms with van der Waals surface area (Å²) >= 11 is 0. The summed E-state index contributed by atoms with van der Waals surface area (Å²) in [6.07, 6.45) is 8.12. The van der Waals surface area contributed by atoms with Gasteiger partial charge in [-0.1, -0.05) is 26.2 Å². The van der Waals surface area contributed by atoms with E-state index < -0.39 is 0 Å². The monoisotopic (exact) mass is 240 g/mol. The molecule has 0 aromatic carbocycles. The first-order valence-corrected chi connectivity index (χ1v) is 7.37. The Balaban J connectivity index is 2.04. The highest BCUT2D eigenvalue weighted by molar-refractivity contribution is 4.90. The van der Waals surface area contributed by atoms with Crippen molar-refractivity contribution >= 4 is 0 Å². The van der Waals surface area contributed by atoms with Gasteiger partial charge in [-0.05, 0) is 26.3 Å². The van der Waals surface area contributed by atoms with Crippen LogP contribution in [0.5, 0.6) is 0 Å². The molecule has 2 rings (SSSR count). The van der Waals surface area contributed by atoms with Gasteiger partial charge in [-0.25, -0.2) is 0 Å². The standard InChI is InChI=1S/C14H28N2O/c1-3-12-11-17-10-9-16(12)14-8-6-4-5-7-13(14)15-2/h12-15H,3-11H2,1-2H3. The van der Waals surface area contributed by atoms with Gasteiger partial charge in [-0.3, -0.25) is 4.90 Å². The Bertz CT molecular complexity index is 222. The van der Waals surface area contributed by atoms with E-state index in [1.807, 2.05) is 0 Å². The van der Waals surface area contributed by atoms with Crippen molar-refractivity contribution in [2.24, 2.45) is 0 Å². The number of hydrogen-bond acceptors (Lipinski definition) is 3. The normalized spacial score (nSPS) is 36.7. The summed E-state index contributed by atoms with van der Waals surface area (Å²) in [5, 5.41) is 3.55. The third-order valence-electron chi connectivity index (χ3n) is 4.52. The molecule has 0 radical (unpaired) electrons. The van der Waals surface area contributed by atoms with Crippen LogP contribution in [0.3, 0.4) is 0 Å². The summed E-state index contributed by atoms with van der Waals surface area (Å²) in [5.41, 5.74) is 0. The summed E-state index contributed by atoms with van der Waals surface area (Å²) < 4.78 is 5.63. The first-order valence-electron chi connectivity index (χ1n) is 7.37. The van der Waals surface area contributed by atoms with Gasteiger partial charge in [0.15, 0.2) is 0 Å². The zero-order chi connectivity index (χ0) is 12.1. The predicted octanol–water partition coefficient (Wildman–Crippen LogP) is 2.02. The van der Waals surface area contributed by atoms with E-state index in [0.29, 0.717) is 12.1 Å². The molecule has 3 nitrogen and oxygen atoms in total. The number of ether oxygens (including phenoxy) is 1. The Labute approximate surface area is 106 Å². The zero-order valence-corrected chi connectivity index (χ0v) is 11.5. The van der Waals surface area contributed by atoms with E-state index in [1.165, 1.54) is 38.5 Å². The molecular weight excluding hydrogens is 212 g/mol. The quantitative estimate of drug-likeness (QED) is 0.764. The van der Waals surface area contributed by atoms with E-state index >= 15 is 0 Å². The molecule has 0 amide bonds. The molecule has 100 valence electrons. The third kappa shape index (κ3) is 3.21. The summed E-state index contributed by atoms with van der Waals surface area (Å²) in [6, 6.07) is 2.06. The van der Waals surface area contributed by atoms with E-state index in [9.17, 15) is 0 Å². The van der Waals surface area contributed by atoms with Crippen LogP contribution in [0.25, 0.3) is 0 Å². The Morgan fingerprint density at radius 1 is 1.24 bits per heavy atom. The van der Waals surface area contributed by atoms with Crippen LogP contribution >= 0.6 is 0 Å². The van der Waals surface area contributed by atoms with E-state index in [0.717, 1.165) is 25.8 Å². The largest absolute Gasteiger partial charge is 0.378 e. The predicted molar refractivity (Wildman–Crippen MR) is 71.3 cm³/mol. The van der Waals surface area contributed by atoms with Crippen molar-refractivity contribution in [3.63, 3.8) is 0 Å². The van der Waals surface area contributed by atoms with Gasteiger partial charge in [0.2, 0.25) is 0 Å². The van der Waals surface area contributed by atoms with Crippen LogP contribution in [0, 0.1) is 0 Å². The lowest BCUT2D eigenvalue weighted by Crippen LogP contribution is -2.56. The molecule has 0 aromatic rings. The maximum atomic E-state index is 5.63. The highest BCUT2D eigenvalue weighted by Crippen LogP contribution is 2.26. The first-order chi connectivity index (χ1) is 8.36. The van der Waals surface area contributed by atoms with E-state index in [-0.39, 0.29) is 0 Å². The number of nitrogens with zero attached hydrogens (tertiary/aromatic N) is 1. The number of morpholine rings is 1. The molecule has 1 aliphatic carbocycles. The van der Waals surface area contributed by atoms with E-state index in [1.54, 1.807) is 0 Å². The second kappa shape index (κ2) is 6.72. The van der Waals surface area contributed by atoms with Crippen molar-refractivity contribution < 1.29 is 4.74 Å². The molecule has 17 heavy (non-hydrogen) atoms. The van der Waals surface area contributed by atoms with Gasteiger partial charge in [-0.2, -0.15) is 0 Å². The minimum Gasteiger partial charge on any atom is -0.378 e. The summed E-state index contributed by atoms with van der Waals surface area (Å²) in [4.78, 5) is 2.73. The maximum Gasteiger partial charge on any atom is 0.0622 e. The van der Waals surface area contributed by atoms with E-state index in [2.05, 4.69) is 24.2 Å². The van der Waals surface area contributed by atoms with Gasteiger partial charge in [0, 0.05) is 24.7 Å². The van der Waals surface area contributed by atoms with Crippen LogP contribution in [-0.2, 0) is 4.74 Å². The molecule has 3 heteroatoms. The van der Waals surface area contributed by atoms with Crippen molar-refractivity contribution in [1.29, 1.82) is 0 Å². The molecule has 2 aliphatic rings. The highest BCUT2D eigenvalue weighted by Gasteiger charge is 2.33. The maximum absolute atomic E-state index is 5.63. The minimum atomic E-state index is 0.641. The van der Waals surface area contributed by atoms with Crippen molar-refractivity contribution in [2.75, 3.05) is 26.8 Å². The Morgan fingerprint density at radius 3 is 2.82 bits per heavy atom. The van der Waals surface area contributed by atoms with Gasteiger partial charge in [0.05, 0.1) is 13.2 Å². The van der Waals surface area contributed by atoms with Gasteiger partial charge in [0.25, 0.3) is 0 Å². The summed E-state index contributed by atoms with van der Waals surface area (Å²) in [6.45, 7) is 5.27. The fourth-order valence-corrected chi connectivity index (χ4v) is 3.48. The van der Waals surface area contributed by atoms with Crippen molar-refractivity contribution in [1.82, 2.24) is 10.2 Å².